The Morgan fingerprint density at radius 1 is 1.27 bits per heavy atom. The number of anilines is 3. The van der Waals surface area contributed by atoms with E-state index in [0.29, 0.717) is 5.82 Å². The minimum Gasteiger partial charge on any atom is -0.364 e. The minimum atomic E-state index is -0.656. The molecule has 9 heteroatoms. The number of nitrogens with two attached hydrogens (primary N) is 2. The van der Waals surface area contributed by atoms with Crippen molar-refractivity contribution in [3.8, 4) is 11.1 Å². The van der Waals surface area contributed by atoms with Crippen LogP contribution in [0.2, 0.25) is 0 Å². The Morgan fingerprint density at radius 3 is 2.63 bits per heavy atom. The van der Waals surface area contributed by atoms with Crippen LogP contribution in [-0.2, 0) is 0 Å². The predicted octanol–water partition coefficient (Wildman–Crippen LogP) is 3.68. The Bertz CT molecular complexity index is 1000. The maximum Gasteiger partial charge on any atom is 0.271 e. The van der Waals surface area contributed by atoms with Crippen LogP contribution in [0.15, 0.2) is 36.5 Å². The lowest BCUT2D eigenvalue weighted by Gasteiger charge is -2.22. The molecule has 0 saturated carbocycles. The highest BCUT2D eigenvalue weighted by Crippen LogP contribution is 2.36. The molecule has 2 atom stereocenters. The SMILES string of the molecule is CCC[C@@H](Nc1cnc(C(N)=O)c(Nc2snc(C)c2-c2ccccc2)n1)[C@H](C)N. The van der Waals surface area contributed by atoms with E-state index in [2.05, 4.69) is 31.9 Å². The van der Waals surface area contributed by atoms with Crippen LogP contribution in [0.1, 0.15) is 42.9 Å². The summed E-state index contributed by atoms with van der Waals surface area (Å²) in [4.78, 5) is 20.8. The van der Waals surface area contributed by atoms with E-state index in [0.717, 1.165) is 34.7 Å². The van der Waals surface area contributed by atoms with Gasteiger partial charge >= 0.3 is 0 Å². The number of amides is 1. The molecule has 0 saturated heterocycles. The molecule has 3 rings (SSSR count). The highest BCUT2D eigenvalue weighted by molar-refractivity contribution is 7.11. The number of nitrogens with zero attached hydrogens (tertiary/aromatic N) is 3. The monoisotopic (exact) mass is 425 g/mol. The molecule has 0 aliphatic rings. The third kappa shape index (κ3) is 4.92. The number of nitrogens with one attached hydrogen (secondary N) is 2. The third-order valence-electron chi connectivity index (χ3n) is 4.73. The van der Waals surface area contributed by atoms with E-state index in [1.807, 2.05) is 44.2 Å². The van der Waals surface area contributed by atoms with Crippen molar-refractivity contribution in [2.45, 2.75) is 45.7 Å². The molecule has 1 amide bonds. The molecule has 158 valence electrons. The van der Waals surface area contributed by atoms with Crippen molar-refractivity contribution in [2.75, 3.05) is 10.6 Å². The number of hydrogen-bond donors (Lipinski definition) is 4. The second-order valence-electron chi connectivity index (χ2n) is 7.18. The quantitative estimate of drug-likeness (QED) is 0.411. The molecule has 0 unspecified atom stereocenters. The molecule has 6 N–H and O–H groups in total. The summed E-state index contributed by atoms with van der Waals surface area (Å²) in [5.74, 6) is 0.158. The van der Waals surface area contributed by atoms with Crippen LogP contribution < -0.4 is 22.1 Å². The van der Waals surface area contributed by atoms with Crippen molar-refractivity contribution in [3.05, 3.63) is 47.9 Å². The normalized spacial score (nSPS) is 12.9. The van der Waals surface area contributed by atoms with Gasteiger partial charge in [0.05, 0.1) is 11.9 Å². The first-order valence-corrected chi connectivity index (χ1v) is 10.7. The minimum absolute atomic E-state index is 0.0436. The van der Waals surface area contributed by atoms with Gasteiger partial charge in [-0.3, -0.25) is 4.79 Å². The molecule has 2 aromatic heterocycles. The zero-order valence-electron chi connectivity index (χ0n) is 17.3. The van der Waals surface area contributed by atoms with Gasteiger partial charge in [-0.1, -0.05) is 43.7 Å². The number of carbonyl (C=O) groups is 1. The lowest BCUT2D eigenvalue weighted by molar-refractivity contribution is 0.0996. The summed E-state index contributed by atoms with van der Waals surface area (Å²) in [5.41, 5.74) is 14.6. The molecule has 30 heavy (non-hydrogen) atoms. The molecule has 0 fully saturated rings. The van der Waals surface area contributed by atoms with E-state index in [-0.39, 0.29) is 23.6 Å². The van der Waals surface area contributed by atoms with Gasteiger partial charge in [0.2, 0.25) is 0 Å². The maximum atomic E-state index is 11.9. The van der Waals surface area contributed by atoms with Crippen LogP contribution in [0, 0.1) is 6.92 Å². The summed E-state index contributed by atoms with van der Waals surface area (Å²) in [6.45, 7) is 5.99. The molecule has 0 aliphatic heterocycles. The van der Waals surface area contributed by atoms with Gasteiger partial charge in [-0.15, -0.1) is 0 Å². The van der Waals surface area contributed by atoms with Crippen LogP contribution in [-0.4, -0.2) is 32.3 Å². The van der Waals surface area contributed by atoms with Crippen molar-refractivity contribution < 1.29 is 4.79 Å². The molecule has 8 nitrogen and oxygen atoms in total. The standard InChI is InChI=1S/C21H27N7OS/c1-4-8-15(12(2)22)25-16-11-24-18(19(23)29)20(26-16)27-21-17(13(3)28-30-21)14-9-6-5-7-10-14/h5-7,9-12,15H,4,8,22H2,1-3H3,(H2,23,29)(H2,25,26,27)/t12-,15+/m0/s1. The van der Waals surface area contributed by atoms with Crippen LogP contribution in [0.4, 0.5) is 16.6 Å². The Labute approximate surface area is 180 Å². The van der Waals surface area contributed by atoms with Crippen LogP contribution >= 0.6 is 11.5 Å². The summed E-state index contributed by atoms with van der Waals surface area (Å²) in [7, 11) is 0. The molecule has 2 heterocycles. The molecule has 0 aliphatic carbocycles. The molecular formula is C21H27N7OS. The summed E-state index contributed by atoms with van der Waals surface area (Å²) < 4.78 is 4.46. The van der Waals surface area contributed by atoms with Crippen molar-refractivity contribution in [1.82, 2.24) is 14.3 Å². The molecule has 3 aromatic rings. The first-order chi connectivity index (χ1) is 14.4. The zero-order valence-corrected chi connectivity index (χ0v) is 18.2. The van der Waals surface area contributed by atoms with Gasteiger partial charge < -0.3 is 22.1 Å². The number of aryl methyl sites for hydroxylation is 1. The average molecular weight is 426 g/mol. The lowest BCUT2D eigenvalue weighted by atomic mass is 10.1. The van der Waals surface area contributed by atoms with Crippen molar-refractivity contribution in [1.29, 1.82) is 0 Å². The van der Waals surface area contributed by atoms with E-state index in [9.17, 15) is 4.79 Å². The maximum absolute atomic E-state index is 11.9. The van der Waals surface area contributed by atoms with Crippen LogP contribution in [0.3, 0.4) is 0 Å². The zero-order chi connectivity index (χ0) is 21.7. The van der Waals surface area contributed by atoms with Gasteiger partial charge in [-0.05, 0) is 37.4 Å². The summed E-state index contributed by atoms with van der Waals surface area (Å²) in [6.07, 6.45) is 3.38. The van der Waals surface area contributed by atoms with Gasteiger partial charge in [0, 0.05) is 17.6 Å². The highest BCUT2D eigenvalue weighted by Gasteiger charge is 2.20. The average Bonchev–Trinajstić information content (AvgIpc) is 3.08. The number of primary amides is 1. The van der Waals surface area contributed by atoms with Gasteiger partial charge in [0.15, 0.2) is 11.5 Å². The van der Waals surface area contributed by atoms with Gasteiger partial charge in [0.1, 0.15) is 10.8 Å². The second-order valence-corrected chi connectivity index (χ2v) is 7.95. The third-order valence-corrected chi connectivity index (χ3v) is 5.58. The lowest BCUT2D eigenvalue weighted by Crippen LogP contribution is -2.38. The number of aromatic nitrogens is 3. The van der Waals surface area contributed by atoms with E-state index in [4.69, 9.17) is 11.5 Å². The molecular weight excluding hydrogens is 398 g/mol. The Kier molecular flexibility index (Phi) is 6.96. The second kappa shape index (κ2) is 9.64. The van der Waals surface area contributed by atoms with Crippen molar-refractivity contribution in [2.24, 2.45) is 11.5 Å². The van der Waals surface area contributed by atoms with E-state index in [1.54, 1.807) is 0 Å². The van der Waals surface area contributed by atoms with E-state index < -0.39 is 5.91 Å². The molecule has 1 aromatic carbocycles. The topological polar surface area (TPSA) is 132 Å². The number of carbonyl (C=O) groups excluding carboxylic acids is 1. The van der Waals surface area contributed by atoms with Gasteiger partial charge in [-0.2, -0.15) is 4.37 Å². The summed E-state index contributed by atoms with van der Waals surface area (Å²) in [5, 5.41) is 7.32. The number of hydrogen-bond acceptors (Lipinski definition) is 8. The van der Waals surface area contributed by atoms with Gasteiger partial charge in [-0.25, -0.2) is 9.97 Å². The number of rotatable bonds is 9. The highest BCUT2D eigenvalue weighted by atomic mass is 32.1. The predicted molar refractivity (Wildman–Crippen MR) is 122 cm³/mol. The van der Waals surface area contributed by atoms with E-state index in [1.165, 1.54) is 17.7 Å². The molecule has 0 radical (unpaired) electrons. The van der Waals surface area contributed by atoms with Crippen molar-refractivity contribution >= 4 is 34.1 Å². The van der Waals surface area contributed by atoms with Crippen LogP contribution in [0.5, 0.6) is 0 Å². The molecule has 0 spiro atoms. The molecule has 0 bridgehead atoms. The van der Waals surface area contributed by atoms with E-state index >= 15 is 0 Å². The summed E-state index contributed by atoms with van der Waals surface area (Å²) in [6, 6.07) is 9.91. The Balaban J connectivity index is 1.97. The van der Waals surface area contributed by atoms with Crippen LogP contribution in [0.25, 0.3) is 11.1 Å². The fourth-order valence-corrected chi connectivity index (χ4v) is 4.02. The summed E-state index contributed by atoms with van der Waals surface area (Å²) >= 11 is 1.30. The first-order valence-electron chi connectivity index (χ1n) is 9.88. The largest absolute Gasteiger partial charge is 0.364 e. The van der Waals surface area contributed by atoms with Crippen molar-refractivity contribution in [3.63, 3.8) is 0 Å². The Morgan fingerprint density at radius 2 is 2.00 bits per heavy atom. The fraction of sp³-hybridized carbons (Fsp3) is 0.333. The van der Waals surface area contributed by atoms with Gasteiger partial charge in [0.25, 0.3) is 5.91 Å². The number of benzene rings is 1. The fourth-order valence-electron chi connectivity index (χ4n) is 3.20. The Hall–Kier alpha value is -3.04. The first kappa shape index (κ1) is 21.7. The smallest absolute Gasteiger partial charge is 0.271 e.